The van der Waals surface area contributed by atoms with Crippen molar-refractivity contribution in [3.8, 4) is 11.5 Å². The number of hydrogen-bond acceptors (Lipinski definition) is 5. The second kappa shape index (κ2) is 6.60. The summed E-state index contributed by atoms with van der Waals surface area (Å²) in [6, 6.07) is 4.81. The molecule has 2 amide bonds. The lowest BCUT2D eigenvalue weighted by Crippen LogP contribution is -2.40. The zero-order valence-electron chi connectivity index (χ0n) is 10.7. The molecule has 0 aromatic heterocycles. The maximum absolute atomic E-state index is 11.9. The number of carbonyl (C=O) groups is 2. The van der Waals surface area contributed by atoms with Crippen LogP contribution < -0.4 is 20.5 Å². The molecule has 0 heterocycles. The van der Waals surface area contributed by atoms with Gasteiger partial charge in [0.05, 0.1) is 26.3 Å². The second-order valence-electron chi connectivity index (χ2n) is 3.67. The van der Waals surface area contributed by atoms with Gasteiger partial charge in [0.1, 0.15) is 6.10 Å². The quantitative estimate of drug-likeness (QED) is 0.630. The number of primary amides is 1. The fourth-order valence-electron chi connectivity index (χ4n) is 1.45. The molecule has 0 fully saturated rings. The van der Waals surface area contributed by atoms with Gasteiger partial charge >= 0.3 is 0 Å². The summed E-state index contributed by atoms with van der Waals surface area (Å²) in [6.45, 7) is -0.269. The van der Waals surface area contributed by atoms with Crippen LogP contribution in [0.25, 0.3) is 0 Å². The van der Waals surface area contributed by atoms with E-state index in [2.05, 4.69) is 5.32 Å². The molecular weight excluding hydrogens is 252 g/mol. The van der Waals surface area contributed by atoms with E-state index < -0.39 is 17.9 Å². The molecule has 1 unspecified atom stereocenters. The van der Waals surface area contributed by atoms with Gasteiger partial charge in [-0.15, -0.1) is 0 Å². The SMILES string of the molecule is COc1cccc(C(=O)NCC(O)C(N)=O)c1OC. The number of methoxy groups -OCH3 is 2. The van der Waals surface area contributed by atoms with Gasteiger partial charge in [0.15, 0.2) is 11.5 Å². The highest BCUT2D eigenvalue weighted by Crippen LogP contribution is 2.30. The molecule has 0 aliphatic rings. The first-order valence-electron chi connectivity index (χ1n) is 5.47. The van der Waals surface area contributed by atoms with Crippen molar-refractivity contribution in [3.05, 3.63) is 23.8 Å². The predicted molar refractivity (Wildman–Crippen MR) is 67.1 cm³/mol. The summed E-state index contributed by atoms with van der Waals surface area (Å²) < 4.78 is 10.2. The summed E-state index contributed by atoms with van der Waals surface area (Å²) in [7, 11) is 2.86. The molecule has 0 bridgehead atoms. The van der Waals surface area contributed by atoms with Gasteiger partial charge in [-0.25, -0.2) is 0 Å². The Balaban J connectivity index is 2.85. The number of amides is 2. The highest BCUT2D eigenvalue weighted by atomic mass is 16.5. The number of hydrogen-bond donors (Lipinski definition) is 3. The molecular formula is C12H16N2O5. The van der Waals surface area contributed by atoms with Gasteiger partial charge in [0, 0.05) is 0 Å². The van der Waals surface area contributed by atoms with Gasteiger partial charge in [0.25, 0.3) is 5.91 Å². The Morgan fingerprint density at radius 1 is 1.37 bits per heavy atom. The Morgan fingerprint density at radius 3 is 2.58 bits per heavy atom. The number of nitrogens with two attached hydrogens (primary N) is 1. The summed E-state index contributed by atoms with van der Waals surface area (Å²) in [4.78, 5) is 22.6. The average Bonchev–Trinajstić information content (AvgIpc) is 2.42. The smallest absolute Gasteiger partial charge is 0.255 e. The highest BCUT2D eigenvalue weighted by Gasteiger charge is 2.18. The Labute approximate surface area is 110 Å². The minimum atomic E-state index is -1.43. The number of rotatable bonds is 6. The molecule has 0 saturated carbocycles. The van der Waals surface area contributed by atoms with Crippen molar-refractivity contribution in [2.45, 2.75) is 6.10 Å². The molecule has 0 spiro atoms. The monoisotopic (exact) mass is 268 g/mol. The van der Waals surface area contributed by atoms with E-state index in [1.165, 1.54) is 20.3 Å². The minimum Gasteiger partial charge on any atom is -0.493 e. The molecule has 1 rings (SSSR count). The molecule has 1 aromatic carbocycles. The maximum Gasteiger partial charge on any atom is 0.255 e. The number of aliphatic hydroxyl groups is 1. The highest BCUT2D eigenvalue weighted by molar-refractivity contribution is 5.98. The van der Waals surface area contributed by atoms with Crippen LogP contribution >= 0.6 is 0 Å². The van der Waals surface area contributed by atoms with E-state index in [-0.39, 0.29) is 17.9 Å². The maximum atomic E-state index is 11.9. The third kappa shape index (κ3) is 3.59. The lowest BCUT2D eigenvalue weighted by atomic mass is 10.1. The average molecular weight is 268 g/mol. The number of nitrogens with one attached hydrogen (secondary N) is 1. The van der Waals surface area contributed by atoms with Gasteiger partial charge in [-0.05, 0) is 12.1 Å². The molecule has 0 radical (unpaired) electrons. The van der Waals surface area contributed by atoms with E-state index in [0.717, 1.165) is 0 Å². The first-order chi connectivity index (χ1) is 9.01. The van der Waals surface area contributed by atoms with Crippen LogP contribution in [0.1, 0.15) is 10.4 Å². The van der Waals surface area contributed by atoms with Crippen LogP contribution in [0.3, 0.4) is 0 Å². The van der Waals surface area contributed by atoms with Crippen LogP contribution in [0.4, 0.5) is 0 Å². The molecule has 19 heavy (non-hydrogen) atoms. The first kappa shape index (κ1) is 14.8. The van der Waals surface area contributed by atoms with Crippen molar-refractivity contribution in [3.63, 3.8) is 0 Å². The number of carbonyl (C=O) groups excluding carboxylic acids is 2. The topological polar surface area (TPSA) is 111 Å². The lowest BCUT2D eigenvalue weighted by Gasteiger charge is -2.13. The van der Waals surface area contributed by atoms with Crippen LogP contribution in [0.2, 0.25) is 0 Å². The summed E-state index contributed by atoms with van der Waals surface area (Å²) in [5, 5.41) is 11.6. The Hall–Kier alpha value is -2.28. The number of para-hydroxylation sites is 1. The standard InChI is InChI=1S/C12H16N2O5/c1-18-9-5-3-4-7(10(9)19-2)12(17)14-6-8(15)11(13)16/h3-5,8,15H,6H2,1-2H3,(H2,13,16)(H,14,17). The van der Waals surface area contributed by atoms with E-state index >= 15 is 0 Å². The van der Waals surface area contributed by atoms with Crippen LogP contribution in [0.15, 0.2) is 18.2 Å². The van der Waals surface area contributed by atoms with E-state index in [1.54, 1.807) is 12.1 Å². The van der Waals surface area contributed by atoms with Crippen molar-refractivity contribution in [1.29, 1.82) is 0 Å². The number of benzene rings is 1. The molecule has 7 heteroatoms. The fraction of sp³-hybridized carbons (Fsp3) is 0.333. The molecule has 0 saturated heterocycles. The van der Waals surface area contributed by atoms with Crippen LogP contribution in [0.5, 0.6) is 11.5 Å². The van der Waals surface area contributed by atoms with Crippen molar-refractivity contribution >= 4 is 11.8 Å². The minimum absolute atomic E-state index is 0.235. The molecule has 1 atom stereocenters. The van der Waals surface area contributed by atoms with Crippen LogP contribution in [-0.2, 0) is 4.79 Å². The van der Waals surface area contributed by atoms with Crippen molar-refractivity contribution < 1.29 is 24.2 Å². The third-order valence-corrected chi connectivity index (χ3v) is 2.43. The summed E-state index contributed by atoms with van der Waals surface area (Å²) in [5.41, 5.74) is 5.11. The van der Waals surface area contributed by atoms with Crippen LogP contribution in [-0.4, -0.2) is 43.8 Å². The Morgan fingerprint density at radius 2 is 2.05 bits per heavy atom. The first-order valence-corrected chi connectivity index (χ1v) is 5.47. The van der Waals surface area contributed by atoms with E-state index in [9.17, 15) is 14.7 Å². The zero-order valence-corrected chi connectivity index (χ0v) is 10.7. The third-order valence-electron chi connectivity index (χ3n) is 2.43. The van der Waals surface area contributed by atoms with Crippen molar-refractivity contribution in [2.75, 3.05) is 20.8 Å². The summed E-state index contributed by atoms with van der Waals surface area (Å²) in [5.74, 6) is -0.726. The van der Waals surface area contributed by atoms with Crippen molar-refractivity contribution in [1.82, 2.24) is 5.32 Å². The molecule has 104 valence electrons. The van der Waals surface area contributed by atoms with E-state index in [1.807, 2.05) is 0 Å². The lowest BCUT2D eigenvalue weighted by molar-refractivity contribution is -0.125. The molecule has 0 aliphatic carbocycles. The largest absolute Gasteiger partial charge is 0.493 e. The predicted octanol–water partition coefficient (Wildman–Crippen LogP) is -0.720. The van der Waals surface area contributed by atoms with Gasteiger partial charge in [-0.2, -0.15) is 0 Å². The zero-order chi connectivity index (χ0) is 14.4. The van der Waals surface area contributed by atoms with Gasteiger partial charge < -0.3 is 25.6 Å². The number of ether oxygens (including phenoxy) is 2. The van der Waals surface area contributed by atoms with Crippen molar-refractivity contribution in [2.24, 2.45) is 5.73 Å². The fourth-order valence-corrected chi connectivity index (χ4v) is 1.45. The second-order valence-corrected chi connectivity index (χ2v) is 3.67. The molecule has 4 N–H and O–H groups in total. The van der Waals surface area contributed by atoms with Crippen LogP contribution in [0, 0.1) is 0 Å². The normalized spacial score (nSPS) is 11.5. The summed E-state index contributed by atoms with van der Waals surface area (Å²) >= 11 is 0. The Bertz CT molecular complexity index is 475. The Kier molecular flexibility index (Phi) is 5.13. The van der Waals surface area contributed by atoms with Gasteiger partial charge in [-0.3, -0.25) is 9.59 Å². The number of aliphatic hydroxyl groups excluding tert-OH is 1. The van der Waals surface area contributed by atoms with E-state index in [4.69, 9.17) is 15.2 Å². The van der Waals surface area contributed by atoms with Gasteiger partial charge in [-0.1, -0.05) is 6.07 Å². The molecule has 0 aliphatic heterocycles. The van der Waals surface area contributed by atoms with Gasteiger partial charge in [0.2, 0.25) is 5.91 Å². The molecule has 1 aromatic rings. The summed E-state index contributed by atoms with van der Waals surface area (Å²) in [6.07, 6.45) is -1.43. The van der Waals surface area contributed by atoms with E-state index in [0.29, 0.717) is 5.75 Å². The molecule has 7 nitrogen and oxygen atoms in total.